The topological polar surface area (TPSA) is 125 Å². The van der Waals surface area contributed by atoms with E-state index in [0.29, 0.717) is 29.3 Å². The van der Waals surface area contributed by atoms with Crippen LogP contribution in [0.4, 0.5) is 10.0 Å². The van der Waals surface area contributed by atoms with Crippen molar-refractivity contribution in [3.8, 4) is 5.75 Å². The van der Waals surface area contributed by atoms with Gasteiger partial charge in [-0.2, -0.15) is 0 Å². The van der Waals surface area contributed by atoms with Crippen LogP contribution in [-0.4, -0.2) is 45.2 Å². The second-order valence-electron chi connectivity index (χ2n) is 7.05. The molecule has 1 aromatic heterocycles. The second kappa shape index (κ2) is 16.1. The lowest BCUT2D eigenvalue weighted by molar-refractivity contribution is -0.137. The Kier molecular flexibility index (Phi) is 14.2. The van der Waals surface area contributed by atoms with E-state index in [0.717, 1.165) is 56.4 Å². The lowest BCUT2D eigenvalue weighted by Crippen LogP contribution is -2.11. The molecule has 1 rings (SSSR count). The summed E-state index contributed by atoms with van der Waals surface area (Å²) in [5, 5.41) is 16.1. The molecule has 1 heterocycles. The maximum atomic E-state index is 12.2. The molecule has 30 heavy (non-hydrogen) atoms. The van der Waals surface area contributed by atoms with Gasteiger partial charge in [-0.15, -0.1) is 0 Å². The minimum Gasteiger partial charge on any atom is -0.490 e. The maximum absolute atomic E-state index is 12.2. The fourth-order valence-electron chi connectivity index (χ4n) is 2.86. The summed E-state index contributed by atoms with van der Waals surface area (Å²) in [6.07, 6.45) is 8.93. The smallest absolute Gasteiger partial charge is 0.303 e. The first-order valence-electron chi connectivity index (χ1n) is 10.5. The van der Waals surface area contributed by atoms with Gasteiger partial charge in [-0.3, -0.25) is 9.59 Å². The third-order valence-electron chi connectivity index (χ3n) is 4.46. The van der Waals surface area contributed by atoms with Crippen molar-refractivity contribution in [1.82, 2.24) is 0 Å². The van der Waals surface area contributed by atoms with E-state index in [2.05, 4.69) is 10.6 Å². The molecular formula is C20H34N2O6S2. The first-order valence-corrected chi connectivity index (χ1v) is 12.5. The third kappa shape index (κ3) is 12.8. The molecule has 8 nitrogen and oxygen atoms in total. The average Bonchev–Trinajstić information content (AvgIpc) is 3.08. The Balaban J connectivity index is 2.20. The molecule has 0 spiro atoms. The maximum Gasteiger partial charge on any atom is 0.303 e. The number of carboxylic acid groups (broad SMARTS) is 1. The Labute approximate surface area is 185 Å². The Hall–Kier alpha value is -1.65. The predicted molar refractivity (Wildman–Crippen MR) is 122 cm³/mol. The quantitative estimate of drug-likeness (QED) is 0.184. The molecule has 0 saturated carbocycles. The van der Waals surface area contributed by atoms with Crippen LogP contribution >= 0.6 is 11.3 Å². The summed E-state index contributed by atoms with van der Waals surface area (Å²) >= 11 is -0.280. The van der Waals surface area contributed by atoms with Gasteiger partial charge in [-0.25, -0.2) is 4.21 Å². The van der Waals surface area contributed by atoms with Crippen LogP contribution in [0, 0.1) is 0 Å². The number of hydrogen-bond donors (Lipinski definition) is 4. The highest BCUT2D eigenvalue weighted by Crippen LogP contribution is 2.38. The van der Waals surface area contributed by atoms with Crippen LogP contribution in [0.25, 0.3) is 0 Å². The minimum atomic E-state index is -1.67. The minimum absolute atomic E-state index is 0.0492. The van der Waals surface area contributed by atoms with Crippen LogP contribution < -0.4 is 15.4 Å². The van der Waals surface area contributed by atoms with Crippen molar-refractivity contribution in [2.75, 3.05) is 30.0 Å². The van der Waals surface area contributed by atoms with Crippen molar-refractivity contribution < 1.29 is 28.2 Å². The van der Waals surface area contributed by atoms with E-state index in [9.17, 15) is 13.8 Å². The number of nitrogens with one attached hydrogen (secondary N) is 2. The monoisotopic (exact) mass is 462 g/mol. The average molecular weight is 463 g/mol. The molecular weight excluding hydrogens is 428 g/mol. The molecule has 10 heteroatoms. The van der Waals surface area contributed by atoms with E-state index in [1.54, 1.807) is 13.1 Å². The van der Waals surface area contributed by atoms with Crippen molar-refractivity contribution in [2.45, 2.75) is 70.6 Å². The fourth-order valence-corrected chi connectivity index (χ4v) is 4.18. The van der Waals surface area contributed by atoms with E-state index in [1.165, 1.54) is 11.3 Å². The zero-order valence-electron chi connectivity index (χ0n) is 17.6. The molecule has 0 saturated heterocycles. The van der Waals surface area contributed by atoms with Crippen molar-refractivity contribution in [3.63, 3.8) is 0 Å². The number of aliphatic carboxylic acids is 1. The number of carbonyl (C=O) groups is 2. The fraction of sp³-hybridized carbons (Fsp3) is 0.700. The van der Waals surface area contributed by atoms with Gasteiger partial charge in [0.1, 0.15) is 5.00 Å². The number of amides is 1. The number of thiophene rings is 1. The number of hydrogen-bond acceptors (Lipinski definition) is 6. The molecule has 0 aliphatic rings. The summed E-state index contributed by atoms with van der Waals surface area (Å²) in [6.45, 7) is 0.285. The molecule has 0 aromatic carbocycles. The molecule has 0 aliphatic carbocycles. The van der Waals surface area contributed by atoms with Crippen molar-refractivity contribution in [2.24, 2.45) is 0 Å². The largest absolute Gasteiger partial charge is 0.490 e. The third-order valence-corrected chi connectivity index (χ3v) is 6.15. The summed E-state index contributed by atoms with van der Waals surface area (Å²) in [4.78, 5) is 22.8. The second-order valence-corrected chi connectivity index (χ2v) is 9.16. The highest BCUT2D eigenvalue weighted by Gasteiger charge is 2.13. The van der Waals surface area contributed by atoms with Crippen LogP contribution in [-0.2, 0) is 20.7 Å². The molecule has 1 unspecified atom stereocenters. The summed E-state index contributed by atoms with van der Waals surface area (Å²) in [7, 11) is 1.79. The van der Waals surface area contributed by atoms with Crippen LogP contribution in [0.5, 0.6) is 5.75 Å². The normalized spacial score (nSPS) is 11.8. The number of anilines is 2. The number of unbranched alkanes of at least 4 members (excludes halogenated alkanes) is 7. The first kappa shape index (κ1) is 26.4. The van der Waals surface area contributed by atoms with Gasteiger partial charge in [0.15, 0.2) is 16.8 Å². The lowest BCUT2D eigenvalue weighted by atomic mass is 10.1. The number of ether oxygens (including phenoxy) is 1. The molecule has 1 amide bonds. The molecule has 172 valence electrons. The lowest BCUT2D eigenvalue weighted by Gasteiger charge is -2.08. The highest BCUT2D eigenvalue weighted by molar-refractivity contribution is 7.79. The molecule has 1 atom stereocenters. The predicted octanol–water partition coefficient (Wildman–Crippen LogP) is 4.70. The zero-order valence-corrected chi connectivity index (χ0v) is 19.2. The van der Waals surface area contributed by atoms with E-state index >= 15 is 0 Å². The van der Waals surface area contributed by atoms with Crippen molar-refractivity contribution in [1.29, 1.82) is 0 Å². The summed E-state index contributed by atoms with van der Waals surface area (Å²) in [6, 6.07) is 1.80. The van der Waals surface area contributed by atoms with Gasteiger partial charge in [0, 0.05) is 31.7 Å². The SMILES string of the molecule is CNc1cc(OCCCC(=O)O)c(NC(=O)CCCCCCCCCCS(=O)O)s1. The van der Waals surface area contributed by atoms with Crippen LogP contribution in [0.3, 0.4) is 0 Å². The Morgan fingerprint density at radius 3 is 2.27 bits per heavy atom. The van der Waals surface area contributed by atoms with E-state index in [4.69, 9.17) is 14.4 Å². The van der Waals surface area contributed by atoms with Gasteiger partial charge >= 0.3 is 5.97 Å². The Morgan fingerprint density at radius 1 is 1.03 bits per heavy atom. The first-order chi connectivity index (χ1) is 14.4. The van der Waals surface area contributed by atoms with Crippen LogP contribution in [0.1, 0.15) is 70.6 Å². The van der Waals surface area contributed by atoms with Gasteiger partial charge < -0.3 is 25.0 Å². The van der Waals surface area contributed by atoms with Gasteiger partial charge in [-0.05, 0) is 19.3 Å². The molecule has 0 bridgehead atoms. The molecule has 1 aromatic rings. The summed E-state index contributed by atoms with van der Waals surface area (Å²) < 4.78 is 24.9. The zero-order chi connectivity index (χ0) is 22.2. The van der Waals surface area contributed by atoms with Crippen molar-refractivity contribution in [3.05, 3.63) is 6.07 Å². The molecule has 0 aliphatic heterocycles. The number of rotatable bonds is 18. The Morgan fingerprint density at radius 2 is 1.67 bits per heavy atom. The van der Waals surface area contributed by atoms with E-state index in [-0.39, 0.29) is 18.9 Å². The van der Waals surface area contributed by atoms with Gasteiger partial charge in [0.05, 0.1) is 11.6 Å². The number of carbonyl (C=O) groups excluding carboxylic acids is 1. The molecule has 4 N–H and O–H groups in total. The standard InChI is InChI=1S/C20H34N2O6S2/c1-21-18-15-16(28-13-10-12-19(24)25)20(29-18)22-17(23)11-8-6-4-2-3-5-7-9-14-30(26)27/h15,21H,2-14H2,1H3,(H,22,23)(H,24,25)(H,26,27). The van der Waals surface area contributed by atoms with Gasteiger partial charge in [-0.1, -0.05) is 49.9 Å². The van der Waals surface area contributed by atoms with E-state index in [1.807, 2.05) is 0 Å². The highest BCUT2D eigenvalue weighted by atomic mass is 32.2. The summed E-state index contributed by atoms with van der Waals surface area (Å²) in [5.41, 5.74) is 0. The molecule has 0 fully saturated rings. The summed E-state index contributed by atoms with van der Waals surface area (Å²) in [5.74, 6) is 0.0253. The van der Waals surface area contributed by atoms with Crippen molar-refractivity contribution >= 4 is 44.3 Å². The molecule has 0 radical (unpaired) electrons. The van der Waals surface area contributed by atoms with Gasteiger partial charge in [0.25, 0.3) is 0 Å². The van der Waals surface area contributed by atoms with Crippen LogP contribution in [0.2, 0.25) is 0 Å². The Bertz CT molecular complexity index is 666. The van der Waals surface area contributed by atoms with Gasteiger partial charge in [0.2, 0.25) is 5.91 Å². The van der Waals surface area contributed by atoms with Crippen LogP contribution in [0.15, 0.2) is 6.07 Å². The number of carboxylic acids is 1. The van der Waals surface area contributed by atoms with E-state index < -0.39 is 17.0 Å².